The summed E-state index contributed by atoms with van der Waals surface area (Å²) in [5.41, 5.74) is 1.08. The number of hydrogen-bond donors (Lipinski definition) is 0. The Morgan fingerprint density at radius 1 is 0.923 bits per heavy atom. The first-order chi connectivity index (χ1) is 12.7. The lowest BCUT2D eigenvalue weighted by Crippen LogP contribution is -2.44. The van der Waals surface area contributed by atoms with E-state index in [4.69, 9.17) is 14.7 Å². The van der Waals surface area contributed by atoms with E-state index in [0.717, 1.165) is 50.2 Å². The van der Waals surface area contributed by atoms with E-state index in [2.05, 4.69) is 27.7 Å². The van der Waals surface area contributed by atoms with Crippen molar-refractivity contribution in [1.29, 1.82) is 0 Å². The molecule has 0 spiro atoms. The third kappa shape index (κ3) is 3.96. The smallest absolute Gasteiger partial charge is 0.227 e. The predicted octanol–water partition coefficient (Wildman–Crippen LogP) is 2.46. The first kappa shape index (κ1) is 18.0. The monoisotopic (exact) mass is 359 g/mol. The minimum absolute atomic E-state index is 0.435. The maximum Gasteiger partial charge on any atom is 0.227 e. The number of ether oxygens (including phenoxy) is 1. The summed E-state index contributed by atoms with van der Waals surface area (Å²) in [5, 5.41) is 0. The van der Waals surface area contributed by atoms with Crippen LogP contribution in [0.15, 0.2) is 6.07 Å². The van der Waals surface area contributed by atoms with Gasteiger partial charge < -0.3 is 14.5 Å². The van der Waals surface area contributed by atoms with E-state index in [1.54, 1.807) is 0 Å². The highest BCUT2D eigenvalue weighted by Gasteiger charge is 2.31. The van der Waals surface area contributed by atoms with Crippen LogP contribution >= 0.6 is 0 Å². The SMILES string of the molecule is CO[C@@H]1CCN(C2CCN(c3cc(C)nc(N4CCCCC4)n3)CC2)C1. The Labute approximate surface area is 157 Å². The molecule has 3 aliphatic rings. The van der Waals surface area contributed by atoms with Crippen LogP contribution < -0.4 is 9.80 Å². The van der Waals surface area contributed by atoms with Gasteiger partial charge in [-0.25, -0.2) is 4.98 Å². The molecule has 1 aromatic heterocycles. The van der Waals surface area contributed by atoms with E-state index < -0.39 is 0 Å². The third-order valence-electron chi connectivity index (χ3n) is 6.28. The normalized spacial score (nSPS) is 25.8. The van der Waals surface area contributed by atoms with Crippen molar-refractivity contribution in [2.45, 2.75) is 57.6 Å². The number of hydrogen-bond acceptors (Lipinski definition) is 6. The van der Waals surface area contributed by atoms with Crippen LogP contribution in [0.5, 0.6) is 0 Å². The quantitative estimate of drug-likeness (QED) is 0.823. The molecular weight excluding hydrogens is 326 g/mol. The number of nitrogens with zero attached hydrogens (tertiary/aromatic N) is 5. The van der Waals surface area contributed by atoms with Gasteiger partial charge in [0.05, 0.1) is 6.10 Å². The number of anilines is 2. The molecule has 3 fully saturated rings. The molecule has 0 aliphatic carbocycles. The molecule has 0 bridgehead atoms. The second kappa shape index (κ2) is 8.09. The van der Waals surface area contributed by atoms with Gasteiger partial charge in [0.2, 0.25) is 5.95 Å². The van der Waals surface area contributed by atoms with Crippen molar-refractivity contribution in [3.63, 3.8) is 0 Å². The van der Waals surface area contributed by atoms with Gasteiger partial charge in [0, 0.05) is 64.2 Å². The molecule has 1 atom stereocenters. The van der Waals surface area contributed by atoms with Crippen LogP contribution in [0.1, 0.15) is 44.2 Å². The van der Waals surface area contributed by atoms with Gasteiger partial charge in [0.25, 0.3) is 0 Å². The Morgan fingerprint density at radius 3 is 2.38 bits per heavy atom. The first-order valence-electron chi connectivity index (χ1n) is 10.4. The van der Waals surface area contributed by atoms with Gasteiger partial charge in [0.15, 0.2) is 0 Å². The zero-order chi connectivity index (χ0) is 17.9. The molecule has 1 aromatic rings. The van der Waals surface area contributed by atoms with Gasteiger partial charge in [-0.05, 0) is 45.4 Å². The lowest BCUT2D eigenvalue weighted by Gasteiger charge is -2.37. The van der Waals surface area contributed by atoms with Crippen molar-refractivity contribution < 1.29 is 4.74 Å². The maximum absolute atomic E-state index is 5.53. The van der Waals surface area contributed by atoms with E-state index in [1.165, 1.54) is 45.1 Å². The van der Waals surface area contributed by atoms with Crippen LogP contribution in [0, 0.1) is 6.92 Å². The molecule has 3 saturated heterocycles. The minimum atomic E-state index is 0.435. The number of rotatable bonds is 4. The van der Waals surface area contributed by atoms with Gasteiger partial charge in [0.1, 0.15) is 5.82 Å². The van der Waals surface area contributed by atoms with Crippen LogP contribution in [0.2, 0.25) is 0 Å². The highest BCUT2D eigenvalue weighted by molar-refractivity contribution is 5.46. The van der Waals surface area contributed by atoms with E-state index in [9.17, 15) is 0 Å². The van der Waals surface area contributed by atoms with Crippen molar-refractivity contribution in [3.8, 4) is 0 Å². The molecule has 6 heteroatoms. The third-order valence-corrected chi connectivity index (χ3v) is 6.28. The number of piperidine rings is 2. The second-order valence-electron chi connectivity index (χ2n) is 8.07. The molecule has 144 valence electrons. The topological polar surface area (TPSA) is 44.7 Å². The first-order valence-corrected chi connectivity index (χ1v) is 10.4. The summed E-state index contributed by atoms with van der Waals surface area (Å²) in [4.78, 5) is 17.1. The molecule has 26 heavy (non-hydrogen) atoms. The van der Waals surface area contributed by atoms with Crippen LogP contribution in [0.25, 0.3) is 0 Å². The van der Waals surface area contributed by atoms with Crippen molar-refractivity contribution in [2.75, 3.05) is 56.2 Å². The van der Waals surface area contributed by atoms with Crippen LogP contribution in [0.4, 0.5) is 11.8 Å². The molecule has 3 aliphatic heterocycles. The summed E-state index contributed by atoms with van der Waals surface area (Å²) in [6.07, 6.45) is 7.91. The summed E-state index contributed by atoms with van der Waals surface area (Å²) in [6, 6.07) is 2.86. The molecular formula is C20H33N5O. The summed E-state index contributed by atoms with van der Waals surface area (Å²) < 4.78 is 5.53. The molecule has 4 heterocycles. The zero-order valence-corrected chi connectivity index (χ0v) is 16.4. The highest BCUT2D eigenvalue weighted by Crippen LogP contribution is 2.26. The van der Waals surface area contributed by atoms with Crippen molar-refractivity contribution in [3.05, 3.63) is 11.8 Å². The summed E-state index contributed by atoms with van der Waals surface area (Å²) in [6.45, 7) is 8.77. The lowest BCUT2D eigenvalue weighted by molar-refractivity contribution is 0.0974. The van der Waals surface area contributed by atoms with Gasteiger partial charge in [-0.2, -0.15) is 4.98 Å². The van der Waals surface area contributed by atoms with Crippen LogP contribution in [0.3, 0.4) is 0 Å². The number of aromatic nitrogens is 2. The molecule has 4 rings (SSSR count). The highest BCUT2D eigenvalue weighted by atomic mass is 16.5. The zero-order valence-electron chi connectivity index (χ0n) is 16.4. The Bertz CT molecular complexity index is 596. The molecule has 0 aromatic carbocycles. The molecule has 0 radical (unpaired) electrons. The number of aryl methyl sites for hydroxylation is 1. The molecule has 0 N–H and O–H groups in total. The fourth-order valence-corrected chi connectivity index (χ4v) is 4.67. The summed E-state index contributed by atoms with van der Waals surface area (Å²) in [7, 11) is 1.84. The Morgan fingerprint density at radius 2 is 1.69 bits per heavy atom. The number of methoxy groups -OCH3 is 1. The molecule has 6 nitrogen and oxygen atoms in total. The Balaban J connectivity index is 1.39. The van der Waals surface area contributed by atoms with Gasteiger partial charge in [-0.15, -0.1) is 0 Å². The fourth-order valence-electron chi connectivity index (χ4n) is 4.67. The van der Waals surface area contributed by atoms with E-state index in [0.29, 0.717) is 12.1 Å². The predicted molar refractivity (Wildman–Crippen MR) is 105 cm³/mol. The van der Waals surface area contributed by atoms with Gasteiger partial charge in [-0.3, -0.25) is 4.90 Å². The van der Waals surface area contributed by atoms with Crippen LogP contribution in [-0.4, -0.2) is 73.4 Å². The number of likely N-dealkylation sites (tertiary alicyclic amines) is 1. The fraction of sp³-hybridized carbons (Fsp3) is 0.800. The van der Waals surface area contributed by atoms with E-state index >= 15 is 0 Å². The Hall–Kier alpha value is -1.40. The van der Waals surface area contributed by atoms with E-state index in [1.807, 2.05) is 7.11 Å². The second-order valence-corrected chi connectivity index (χ2v) is 8.07. The molecule has 0 unspecified atom stereocenters. The molecule has 0 saturated carbocycles. The van der Waals surface area contributed by atoms with E-state index in [-0.39, 0.29) is 0 Å². The summed E-state index contributed by atoms with van der Waals surface area (Å²) in [5.74, 6) is 2.05. The van der Waals surface area contributed by atoms with Crippen molar-refractivity contribution in [2.24, 2.45) is 0 Å². The van der Waals surface area contributed by atoms with Crippen LogP contribution in [-0.2, 0) is 4.74 Å². The minimum Gasteiger partial charge on any atom is -0.380 e. The maximum atomic E-state index is 5.53. The molecule has 0 amide bonds. The summed E-state index contributed by atoms with van der Waals surface area (Å²) >= 11 is 0. The largest absolute Gasteiger partial charge is 0.380 e. The average Bonchev–Trinajstić information content (AvgIpc) is 3.18. The Kier molecular flexibility index (Phi) is 5.60. The standard InChI is InChI=1S/C20H33N5O/c1-16-14-19(22-20(21-16)24-9-4-3-5-10-24)23-11-6-17(7-12-23)25-13-8-18(15-25)26-2/h14,17-18H,3-13,15H2,1-2H3/t18-/m1/s1. The van der Waals surface area contributed by atoms with Gasteiger partial charge in [-0.1, -0.05) is 0 Å². The lowest BCUT2D eigenvalue weighted by atomic mass is 10.0. The average molecular weight is 360 g/mol. The van der Waals surface area contributed by atoms with Gasteiger partial charge >= 0.3 is 0 Å². The van der Waals surface area contributed by atoms with Crippen molar-refractivity contribution in [1.82, 2.24) is 14.9 Å². The van der Waals surface area contributed by atoms with Crippen molar-refractivity contribution >= 4 is 11.8 Å².